The number of likely N-dealkylation sites (tertiary alicyclic amines) is 1. The maximum absolute atomic E-state index is 14.2. The first kappa shape index (κ1) is 29.2. The van der Waals surface area contributed by atoms with Crippen LogP contribution in [0.4, 0.5) is 4.79 Å². The highest BCUT2D eigenvalue weighted by Gasteiger charge is 2.48. The number of nitrogens with one attached hydrogen (secondary N) is 3. The Kier molecular flexibility index (Phi) is 8.18. The number of hydrogen-bond acceptors (Lipinski definition) is 4. The Bertz CT molecular complexity index is 1500. The van der Waals surface area contributed by atoms with E-state index in [-0.39, 0.29) is 35.2 Å². The molecule has 2 fully saturated rings. The molecule has 1 aromatic heterocycles. The standard InChI is InChI=1S/C34H44N6O3/c1-38(2)31(41)27-20-34(28-12-6-4-11-26(27)28)14-17-40(18-15-34)32(42)29(37-33(43)36-24-9-8-16-35-21-24)19-23-22-39(3)30-13-7-5-10-25(23)30/h4-7,10-13,22,24,27,29,35H,8-9,14-21H2,1-3H3,(H2,36,37,43)/t24-,27-,29?/m1/s1. The second-order valence-corrected chi connectivity index (χ2v) is 12.9. The number of carbonyl (C=O) groups is 3. The van der Waals surface area contributed by atoms with Gasteiger partial charge in [0.15, 0.2) is 0 Å². The van der Waals surface area contributed by atoms with Crippen molar-refractivity contribution in [2.24, 2.45) is 7.05 Å². The highest BCUT2D eigenvalue weighted by Crippen LogP contribution is 2.52. The molecule has 0 bridgehead atoms. The van der Waals surface area contributed by atoms with Crippen LogP contribution < -0.4 is 16.0 Å². The van der Waals surface area contributed by atoms with E-state index in [9.17, 15) is 14.4 Å². The minimum atomic E-state index is -0.685. The first-order valence-corrected chi connectivity index (χ1v) is 15.7. The molecule has 2 aliphatic heterocycles. The number of nitrogens with zero attached hydrogens (tertiary/aromatic N) is 3. The molecule has 2 aromatic carbocycles. The van der Waals surface area contributed by atoms with Gasteiger partial charge in [0.25, 0.3) is 0 Å². The van der Waals surface area contributed by atoms with E-state index in [4.69, 9.17) is 0 Å². The Labute approximate surface area is 254 Å². The summed E-state index contributed by atoms with van der Waals surface area (Å²) >= 11 is 0. The number of para-hydroxylation sites is 1. The Morgan fingerprint density at radius 2 is 1.81 bits per heavy atom. The number of benzene rings is 2. The van der Waals surface area contributed by atoms with Crippen molar-refractivity contribution in [3.63, 3.8) is 0 Å². The summed E-state index contributed by atoms with van der Waals surface area (Å²) in [5.41, 5.74) is 4.41. The highest BCUT2D eigenvalue weighted by atomic mass is 16.2. The third kappa shape index (κ3) is 5.75. The number of urea groups is 1. The lowest BCUT2D eigenvalue weighted by Crippen LogP contribution is -2.57. The van der Waals surface area contributed by atoms with Crippen molar-refractivity contribution < 1.29 is 14.4 Å². The summed E-state index contributed by atoms with van der Waals surface area (Å²) in [6.07, 6.45) is 6.81. The number of aromatic nitrogens is 1. The van der Waals surface area contributed by atoms with Crippen molar-refractivity contribution in [1.29, 1.82) is 0 Å². The number of carbonyl (C=O) groups excluding carboxylic acids is 3. The van der Waals surface area contributed by atoms with E-state index in [0.29, 0.717) is 19.5 Å². The molecule has 3 atom stereocenters. The van der Waals surface area contributed by atoms with Crippen molar-refractivity contribution in [3.05, 3.63) is 71.4 Å². The zero-order valence-electron chi connectivity index (χ0n) is 25.6. The average Bonchev–Trinajstić information content (AvgIpc) is 3.51. The van der Waals surface area contributed by atoms with E-state index < -0.39 is 6.04 Å². The summed E-state index contributed by atoms with van der Waals surface area (Å²) in [7, 11) is 5.65. The summed E-state index contributed by atoms with van der Waals surface area (Å²) in [4.78, 5) is 44.1. The summed E-state index contributed by atoms with van der Waals surface area (Å²) in [6, 6.07) is 15.6. The molecular weight excluding hydrogens is 540 g/mol. The van der Waals surface area contributed by atoms with Crippen molar-refractivity contribution in [2.75, 3.05) is 40.3 Å². The number of piperidine rings is 2. The lowest BCUT2D eigenvalue weighted by Gasteiger charge is -2.41. The summed E-state index contributed by atoms with van der Waals surface area (Å²) < 4.78 is 2.08. The fraction of sp³-hybridized carbons (Fsp3) is 0.500. The zero-order valence-corrected chi connectivity index (χ0v) is 25.6. The molecule has 1 unspecified atom stereocenters. The lowest BCUT2D eigenvalue weighted by molar-refractivity contribution is -0.135. The zero-order chi connectivity index (χ0) is 30.1. The van der Waals surface area contributed by atoms with E-state index >= 15 is 0 Å². The van der Waals surface area contributed by atoms with Crippen LogP contribution in [0, 0.1) is 0 Å². The molecule has 3 aromatic rings. The Morgan fingerprint density at radius 1 is 1.07 bits per heavy atom. The van der Waals surface area contributed by atoms with Gasteiger partial charge in [0.2, 0.25) is 11.8 Å². The van der Waals surface area contributed by atoms with Crippen LogP contribution >= 0.6 is 0 Å². The molecule has 43 heavy (non-hydrogen) atoms. The molecule has 228 valence electrons. The molecule has 6 rings (SSSR count). The van der Waals surface area contributed by atoms with Crippen molar-refractivity contribution >= 4 is 28.7 Å². The van der Waals surface area contributed by atoms with E-state index in [1.165, 1.54) is 5.56 Å². The Balaban J connectivity index is 1.20. The van der Waals surface area contributed by atoms with Gasteiger partial charge in [-0.2, -0.15) is 0 Å². The Morgan fingerprint density at radius 3 is 2.56 bits per heavy atom. The van der Waals surface area contributed by atoms with Crippen molar-refractivity contribution in [2.45, 2.75) is 61.9 Å². The number of fused-ring (bicyclic) bond motifs is 3. The SMILES string of the molecule is CN(C)C(=O)[C@@H]1CC2(CCN(C(=O)C(Cc3cn(C)c4ccccc34)NC(=O)N[C@@H]3CCCNC3)CC2)c2ccccc21. The van der Waals surface area contributed by atoms with Crippen LogP contribution in [0.25, 0.3) is 10.9 Å². The fourth-order valence-corrected chi connectivity index (χ4v) is 7.64. The maximum atomic E-state index is 14.2. The number of rotatable bonds is 6. The predicted octanol–water partition coefficient (Wildman–Crippen LogP) is 3.28. The molecule has 9 nitrogen and oxygen atoms in total. The lowest BCUT2D eigenvalue weighted by atomic mass is 9.73. The summed E-state index contributed by atoms with van der Waals surface area (Å²) in [5.74, 6) is -0.0551. The van der Waals surface area contributed by atoms with Crippen LogP contribution in [0.2, 0.25) is 0 Å². The highest BCUT2D eigenvalue weighted by molar-refractivity contribution is 5.90. The minimum absolute atomic E-state index is 0.0492. The van der Waals surface area contributed by atoms with Gasteiger partial charge in [-0.15, -0.1) is 0 Å². The van der Waals surface area contributed by atoms with Gasteiger partial charge in [-0.1, -0.05) is 42.5 Å². The minimum Gasteiger partial charge on any atom is -0.350 e. The smallest absolute Gasteiger partial charge is 0.315 e. The molecule has 0 saturated carbocycles. The van der Waals surface area contributed by atoms with Crippen molar-refractivity contribution in [3.8, 4) is 0 Å². The van der Waals surface area contributed by atoms with Gasteiger partial charge in [0, 0.05) is 75.8 Å². The van der Waals surface area contributed by atoms with Crippen LogP contribution in [0.15, 0.2) is 54.7 Å². The molecular formula is C34H44N6O3. The maximum Gasteiger partial charge on any atom is 0.315 e. The number of amides is 4. The molecule has 3 N–H and O–H groups in total. The van der Waals surface area contributed by atoms with Crippen LogP contribution in [-0.4, -0.2) is 84.6 Å². The molecule has 3 aliphatic rings. The molecule has 2 saturated heterocycles. The second kappa shape index (κ2) is 12.0. The van der Waals surface area contributed by atoms with Crippen LogP contribution in [0.5, 0.6) is 0 Å². The van der Waals surface area contributed by atoms with Gasteiger partial charge in [-0.25, -0.2) is 4.79 Å². The molecule has 1 spiro atoms. The average molecular weight is 585 g/mol. The van der Waals surface area contributed by atoms with Gasteiger partial charge < -0.3 is 30.3 Å². The quantitative estimate of drug-likeness (QED) is 0.414. The van der Waals surface area contributed by atoms with Gasteiger partial charge in [0.05, 0.1) is 5.92 Å². The van der Waals surface area contributed by atoms with Crippen LogP contribution in [0.3, 0.4) is 0 Å². The normalized spacial score (nSPS) is 21.8. The number of aryl methyl sites for hydroxylation is 1. The molecule has 4 amide bonds. The van der Waals surface area contributed by atoms with E-state index in [1.807, 2.05) is 44.2 Å². The molecule has 1 aliphatic carbocycles. The Hall–Kier alpha value is -3.85. The molecule has 3 heterocycles. The predicted molar refractivity (Wildman–Crippen MR) is 168 cm³/mol. The van der Waals surface area contributed by atoms with E-state index in [2.05, 4.69) is 57.0 Å². The summed E-state index contributed by atoms with van der Waals surface area (Å²) in [6.45, 7) is 2.89. The molecule has 0 radical (unpaired) electrons. The largest absolute Gasteiger partial charge is 0.350 e. The second-order valence-electron chi connectivity index (χ2n) is 12.9. The summed E-state index contributed by atoms with van der Waals surface area (Å²) in [5, 5.41) is 10.6. The van der Waals surface area contributed by atoms with Gasteiger partial charge in [-0.3, -0.25) is 9.59 Å². The van der Waals surface area contributed by atoms with Crippen LogP contribution in [0.1, 0.15) is 54.7 Å². The third-order valence-corrected chi connectivity index (χ3v) is 9.91. The van der Waals surface area contributed by atoms with E-state index in [0.717, 1.165) is 67.2 Å². The number of likely N-dealkylation sites (N-methyl/N-ethyl adjacent to an activating group) is 1. The van der Waals surface area contributed by atoms with Gasteiger partial charge >= 0.3 is 6.03 Å². The first-order valence-electron chi connectivity index (χ1n) is 15.7. The van der Waals surface area contributed by atoms with E-state index in [1.54, 1.807) is 4.90 Å². The molecule has 9 heteroatoms. The first-order chi connectivity index (χ1) is 20.8. The van der Waals surface area contributed by atoms with Gasteiger partial charge in [0.1, 0.15) is 6.04 Å². The third-order valence-electron chi connectivity index (χ3n) is 9.91. The fourth-order valence-electron chi connectivity index (χ4n) is 7.64. The topological polar surface area (TPSA) is 98.7 Å². The van der Waals surface area contributed by atoms with Crippen molar-refractivity contribution in [1.82, 2.24) is 30.3 Å². The van der Waals surface area contributed by atoms with Crippen LogP contribution in [-0.2, 0) is 28.5 Å². The monoisotopic (exact) mass is 584 g/mol. The number of hydrogen-bond donors (Lipinski definition) is 3. The van der Waals surface area contributed by atoms with Gasteiger partial charge in [-0.05, 0) is 61.4 Å².